The number of halogens is 1. The van der Waals surface area contributed by atoms with Gasteiger partial charge in [0, 0.05) is 24.5 Å². The van der Waals surface area contributed by atoms with E-state index < -0.39 is 10.8 Å². The Kier molecular flexibility index (Phi) is 4.45. The van der Waals surface area contributed by atoms with Crippen molar-refractivity contribution in [1.29, 1.82) is 0 Å². The molecule has 0 aliphatic rings. The number of non-ortho nitro benzene ring substituents is 1. The molecule has 2 rings (SSSR count). The predicted molar refractivity (Wildman–Crippen MR) is 80.8 cm³/mol. The maximum atomic E-state index is 12.3. The van der Waals surface area contributed by atoms with Gasteiger partial charge in [0.25, 0.3) is 11.6 Å². The molecule has 0 atom stereocenters. The van der Waals surface area contributed by atoms with E-state index in [0.29, 0.717) is 10.2 Å². The van der Waals surface area contributed by atoms with Crippen molar-refractivity contribution in [3.05, 3.63) is 56.8 Å². The second-order valence-electron chi connectivity index (χ2n) is 3.94. The lowest BCUT2D eigenvalue weighted by molar-refractivity contribution is -0.384. The van der Waals surface area contributed by atoms with E-state index in [-0.39, 0.29) is 16.9 Å². The summed E-state index contributed by atoms with van der Waals surface area (Å²) in [4.78, 5) is 26.3. The van der Waals surface area contributed by atoms with Gasteiger partial charge in [-0.2, -0.15) is 0 Å². The van der Waals surface area contributed by atoms with Gasteiger partial charge in [-0.3, -0.25) is 25.7 Å². The third-order valence-corrected chi connectivity index (χ3v) is 3.27. The number of aromatic nitrogens is 1. The van der Waals surface area contributed by atoms with Crippen molar-refractivity contribution in [2.24, 2.45) is 5.84 Å². The predicted octanol–water partition coefficient (Wildman–Crippen LogP) is 2.29. The lowest BCUT2D eigenvalue weighted by Crippen LogP contribution is -2.17. The fraction of sp³-hybridized carbons (Fsp3) is 0. The number of hydrazine groups is 1. The van der Waals surface area contributed by atoms with Crippen LogP contribution in [-0.4, -0.2) is 15.8 Å². The molecule has 8 nitrogen and oxygen atoms in total. The fourth-order valence-corrected chi connectivity index (χ4v) is 1.98. The van der Waals surface area contributed by atoms with Crippen LogP contribution in [0.4, 0.5) is 17.1 Å². The van der Waals surface area contributed by atoms with Crippen molar-refractivity contribution in [2.75, 3.05) is 10.7 Å². The number of amides is 1. The molecule has 4 N–H and O–H groups in total. The number of carbonyl (C=O) groups is 1. The van der Waals surface area contributed by atoms with Crippen molar-refractivity contribution in [3.8, 4) is 0 Å². The van der Waals surface area contributed by atoms with E-state index in [1.54, 1.807) is 6.07 Å². The van der Waals surface area contributed by atoms with E-state index in [2.05, 4.69) is 31.7 Å². The van der Waals surface area contributed by atoms with Gasteiger partial charge in [0.2, 0.25) is 0 Å². The number of nitro groups is 1. The van der Waals surface area contributed by atoms with Gasteiger partial charge >= 0.3 is 0 Å². The van der Waals surface area contributed by atoms with E-state index >= 15 is 0 Å². The first-order valence-electron chi connectivity index (χ1n) is 5.69. The minimum absolute atomic E-state index is 0.0652. The van der Waals surface area contributed by atoms with Crippen LogP contribution in [0.3, 0.4) is 0 Å². The SMILES string of the molecule is NNc1ccc([N+](=O)[O-])cc1C(=O)Nc1ccncc1Br. The Morgan fingerprint density at radius 3 is 2.71 bits per heavy atom. The third-order valence-electron chi connectivity index (χ3n) is 2.63. The summed E-state index contributed by atoms with van der Waals surface area (Å²) in [6.07, 6.45) is 3.03. The smallest absolute Gasteiger partial charge is 0.270 e. The van der Waals surface area contributed by atoms with Crippen LogP contribution in [0.2, 0.25) is 0 Å². The summed E-state index contributed by atoms with van der Waals surface area (Å²) in [5, 5.41) is 13.4. The van der Waals surface area contributed by atoms with Crippen molar-refractivity contribution >= 4 is 38.9 Å². The molecule has 0 saturated heterocycles. The van der Waals surface area contributed by atoms with Crippen LogP contribution in [0.25, 0.3) is 0 Å². The number of nitrogens with one attached hydrogen (secondary N) is 2. The average Bonchev–Trinajstić information content (AvgIpc) is 2.48. The van der Waals surface area contributed by atoms with Crippen LogP contribution in [-0.2, 0) is 0 Å². The number of hydrogen-bond donors (Lipinski definition) is 3. The Bertz CT molecular complexity index is 707. The van der Waals surface area contributed by atoms with Crippen LogP contribution in [0.5, 0.6) is 0 Å². The van der Waals surface area contributed by atoms with Crippen LogP contribution < -0.4 is 16.6 Å². The van der Waals surface area contributed by atoms with Crippen LogP contribution in [0, 0.1) is 10.1 Å². The summed E-state index contributed by atoms with van der Waals surface area (Å²) < 4.78 is 0.589. The largest absolute Gasteiger partial charge is 0.323 e. The summed E-state index contributed by atoms with van der Waals surface area (Å²) in [6, 6.07) is 5.37. The normalized spacial score (nSPS) is 10.0. The van der Waals surface area contributed by atoms with Crippen molar-refractivity contribution < 1.29 is 9.72 Å². The lowest BCUT2D eigenvalue weighted by atomic mass is 10.1. The molecule has 0 spiro atoms. The maximum Gasteiger partial charge on any atom is 0.270 e. The molecule has 0 aliphatic carbocycles. The van der Waals surface area contributed by atoms with Gasteiger partial charge in [-0.1, -0.05) is 0 Å². The Morgan fingerprint density at radius 1 is 1.33 bits per heavy atom. The Morgan fingerprint density at radius 2 is 2.10 bits per heavy atom. The molecule has 1 aromatic carbocycles. The molecule has 0 unspecified atom stereocenters. The van der Waals surface area contributed by atoms with Gasteiger partial charge in [-0.05, 0) is 28.1 Å². The molecule has 0 radical (unpaired) electrons. The van der Waals surface area contributed by atoms with Gasteiger partial charge in [0.05, 0.1) is 26.3 Å². The minimum atomic E-state index is -0.584. The quantitative estimate of drug-likeness (QED) is 0.441. The zero-order chi connectivity index (χ0) is 15.4. The zero-order valence-electron chi connectivity index (χ0n) is 10.5. The van der Waals surface area contributed by atoms with Crippen molar-refractivity contribution in [1.82, 2.24) is 4.98 Å². The lowest BCUT2D eigenvalue weighted by Gasteiger charge is -2.10. The number of benzene rings is 1. The van der Waals surface area contributed by atoms with Crippen LogP contribution >= 0.6 is 15.9 Å². The van der Waals surface area contributed by atoms with E-state index in [9.17, 15) is 14.9 Å². The summed E-state index contributed by atoms with van der Waals surface area (Å²) in [5.41, 5.74) is 2.97. The first kappa shape index (κ1) is 14.9. The molecule has 0 aliphatic heterocycles. The molecule has 108 valence electrons. The number of nitrogen functional groups attached to an aromatic ring is 1. The maximum absolute atomic E-state index is 12.3. The standard InChI is InChI=1S/C12H10BrN5O3/c13-9-6-15-4-3-11(9)16-12(19)8-5-7(18(20)21)1-2-10(8)17-14/h1-6,17H,14H2,(H,15,16,19). The molecular formula is C12H10BrN5O3. The summed E-state index contributed by atoms with van der Waals surface area (Å²) >= 11 is 3.24. The molecule has 1 aromatic heterocycles. The monoisotopic (exact) mass is 351 g/mol. The topological polar surface area (TPSA) is 123 Å². The van der Waals surface area contributed by atoms with Gasteiger partial charge < -0.3 is 10.7 Å². The van der Waals surface area contributed by atoms with Gasteiger partial charge in [-0.25, -0.2) is 0 Å². The second-order valence-corrected chi connectivity index (χ2v) is 4.80. The van der Waals surface area contributed by atoms with Gasteiger partial charge in [0.1, 0.15) is 0 Å². The number of nitrogens with two attached hydrogens (primary N) is 1. The highest BCUT2D eigenvalue weighted by Gasteiger charge is 2.17. The highest BCUT2D eigenvalue weighted by Crippen LogP contribution is 2.25. The van der Waals surface area contributed by atoms with Crippen LogP contribution in [0.1, 0.15) is 10.4 Å². The van der Waals surface area contributed by atoms with Gasteiger partial charge in [0.15, 0.2) is 0 Å². The number of nitrogens with zero attached hydrogens (tertiary/aromatic N) is 2. The molecule has 0 fully saturated rings. The number of rotatable bonds is 4. The molecule has 1 heterocycles. The van der Waals surface area contributed by atoms with E-state index in [4.69, 9.17) is 5.84 Å². The molecule has 2 aromatic rings. The molecule has 9 heteroatoms. The number of pyridine rings is 1. The highest BCUT2D eigenvalue weighted by atomic mass is 79.9. The minimum Gasteiger partial charge on any atom is -0.323 e. The van der Waals surface area contributed by atoms with Crippen molar-refractivity contribution in [2.45, 2.75) is 0 Å². The Balaban J connectivity index is 2.36. The fourth-order valence-electron chi connectivity index (χ4n) is 1.63. The summed E-state index contributed by atoms with van der Waals surface area (Å²) in [7, 11) is 0. The van der Waals surface area contributed by atoms with E-state index in [1.807, 2.05) is 0 Å². The first-order valence-corrected chi connectivity index (χ1v) is 6.48. The molecule has 0 saturated carbocycles. The number of carbonyl (C=O) groups excluding carboxylic acids is 1. The number of hydrogen-bond acceptors (Lipinski definition) is 6. The molecule has 1 amide bonds. The second kappa shape index (κ2) is 6.29. The Labute approximate surface area is 127 Å². The van der Waals surface area contributed by atoms with Crippen LogP contribution in [0.15, 0.2) is 41.1 Å². The van der Waals surface area contributed by atoms with Gasteiger partial charge in [-0.15, -0.1) is 0 Å². The molecular weight excluding hydrogens is 342 g/mol. The summed E-state index contributed by atoms with van der Waals surface area (Å²) in [6.45, 7) is 0. The zero-order valence-corrected chi connectivity index (χ0v) is 12.1. The average molecular weight is 352 g/mol. The molecule has 21 heavy (non-hydrogen) atoms. The number of anilines is 2. The number of nitro benzene ring substituents is 1. The summed E-state index contributed by atoms with van der Waals surface area (Å²) in [5.74, 6) is 4.79. The van der Waals surface area contributed by atoms with E-state index in [1.165, 1.54) is 24.5 Å². The highest BCUT2D eigenvalue weighted by molar-refractivity contribution is 9.10. The molecule has 0 bridgehead atoms. The van der Waals surface area contributed by atoms with E-state index in [0.717, 1.165) is 6.07 Å². The Hall–Kier alpha value is -2.52. The first-order chi connectivity index (χ1) is 10.0. The van der Waals surface area contributed by atoms with Crippen molar-refractivity contribution in [3.63, 3.8) is 0 Å². The third kappa shape index (κ3) is 3.33.